The Bertz CT molecular complexity index is 389. The van der Waals surface area contributed by atoms with Crippen LogP contribution in [0.2, 0.25) is 5.28 Å². The topological polar surface area (TPSA) is 62.7 Å². The zero-order valence-electron chi connectivity index (χ0n) is 11.7. The van der Waals surface area contributed by atoms with Crippen LogP contribution in [-0.4, -0.2) is 28.0 Å². The summed E-state index contributed by atoms with van der Waals surface area (Å²) in [6, 6.07) is 0. The van der Waals surface area contributed by atoms with Crippen LogP contribution in [0.1, 0.15) is 34.6 Å². The second-order valence-corrected chi connectivity index (χ2v) is 5.77. The first-order valence-electron chi connectivity index (χ1n) is 6.22. The van der Waals surface area contributed by atoms with Crippen LogP contribution in [0.15, 0.2) is 0 Å². The molecular formula is C12H22ClN5. The number of hydrogen-bond acceptors (Lipinski definition) is 5. The molecule has 0 saturated heterocycles. The van der Waals surface area contributed by atoms with Crippen LogP contribution in [0.5, 0.6) is 0 Å². The molecule has 0 amide bonds. The predicted octanol–water partition coefficient (Wildman–Crippen LogP) is 3.05. The van der Waals surface area contributed by atoms with Crippen molar-refractivity contribution in [2.75, 3.05) is 23.7 Å². The molecule has 1 unspecified atom stereocenters. The zero-order valence-corrected chi connectivity index (χ0v) is 12.5. The maximum absolute atomic E-state index is 5.85. The standard InChI is InChI=1S/C12H22ClN5/c1-6-14-10-16-9(13)17-11(18-10)15-7-8(2)12(3,4)5/h8H,6-7H2,1-5H3,(H2,14,15,16,17,18). The number of halogens is 1. The Morgan fingerprint density at radius 2 is 1.67 bits per heavy atom. The lowest BCUT2D eigenvalue weighted by atomic mass is 9.82. The van der Waals surface area contributed by atoms with Gasteiger partial charge in [-0.15, -0.1) is 0 Å². The molecule has 2 N–H and O–H groups in total. The van der Waals surface area contributed by atoms with Crippen molar-refractivity contribution < 1.29 is 0 Å². The molecule has 0 bridgehead atoms. The van der Waals surface area contributed by atoms with Crippen LogP contribution < -0.4 is 10.6 Å². The Morgan fingerprint density at radius 3 is 2.17 bits per heavy atom. The second kappa shape index (κ2) is 6.18. The van der Waals surface area contributed by atoms with Gasteiger partial charge in [-0.1, -0.05) is 27.7 Å². The maximum Gasteiger partial charge on any atom is 0.228 e. The molecule has 1 heterocycles. The van der Waals surface area contributed by atoms with Crippen LogP contribution in [0, 0.1) is 11.3 Å². The number of nitrogens with one attached hydrogen (secondary N) is 2. The van der Waals surface area contributed by atoms with E-state index in [9.17, 15) is 0 Å². The average Bonchev–Trinajstić information content (AvgIpc) is 2.24. The van der Waals surface area contributed by atoms with E-state index in [1.807, 2.05) is 6.92 Å². The lowest BCUT2D eigenvalue weighted by molar-refractivity contribution is 0.274. The summed E-state index contributed by atoms with van der Waals surface area (Å²) in [4.78, 5) is 12.3. The van der Waals surface area contributed by atoms with Crippen molar-refractivity contribution in [3.05, 3.63) is 5.28 Å². The third-order valence-corrected chi connectivity index (χ3v) is 3.16. The first-order valence-corrected chi connectivity index (χ1v) is 6.60. The van der Waals surface area contributed by atoms with E-state index in [2.05, 4.69) is 53.3 Å². The van der Waals surface area contributed by atoms with Gasteiger partial charge in [0.1, 0.15) is 0 Å². The monoisotopic (exact) mass is 271 g/mol. The van der Waals surface area contributed by atoms with E-state index in [1.165, 1.54) is 0 Å². The van der Waals surface area contributed by atoms with Crippen molar-refractivity contribution in [2.24, 2.45) is 11.3 Å². The molecule has 0 radical (unpaired) electrons. The molecule has 0 aromatic carbocycles. The quantitative estimate of drug-likeness (QED) is 0.862. The van der Waals surface area contributed by atoms with Gasteiger partial charge in [-0.25, -0.2) is 0 Å². The minimum Gasteiger partial charge on any atom is -0.354 e. The van der Waals surface area contributed by atoms with E-state index < -0.39 is 0 Å². The molecule has 1 aromatic heterocycles. The van der Waals surface area contributed by atoms with Gasteiger partial charge in [-0.3, -0.25) is 0 Å². The molecule has 1 atom stereocenters. The molecule has 102 valence electrons. The SMILES string of the molecule is CCNc1nc(Cl)nc(NCC(C)C(C)(C)C)n1. The van der Waals surface area contributed by atoms with Gasteiger partial charge in [0.25, 0.3) is 0 Å². The van der Waals surface area contributed by atoms with E-state index in [1.54, 1.807) is 0 Å². The Labute approximate surface area is 114 Å². The molecular weight excluding hydrogens is 250 g/mol. The van der Waals surface area contributed by atoms with Gasteiger partial charge >= 0.3 is 0 Å². The Balaban J connectivity index is 2.67. The highest BCUT2D eigenvalue weighted by molar-refractivity contribution is 6.28. The van der Waals surface area contributed by atoms with Gasteiger partial charge < -0.3 is 10.6 Å². The van der Waals surface area contributed by atoms with E-state index >= 15 is 0 Å². The smallest absolute Gasteiger partial charge is 0.228 e. The number of anilines is 2. The second-order valence-electron chi connectivity index (χ2n) is 5.43. The van der Waals surface area contributed by atoms with Crippen molar-refractivity contribution >= 4 is 23.5 Å². The fourth-order valence-corrected chi connectivity index (χ4v) is 1.38. The fourth-order valence-electron chi connectivity index (χ4n) is 1.22. The van der Waals surface area contributed by atoms with E-state index in [4.69, 9.17) is 11.6 Å². The minimum absolute atomic E-state index is 0.201. The van der Waals surface area contributed by atoms with Crippen LogP contribution in [0.3, 0.4) is 0 Å². The normalized spacial score (nSPS) is 13.2. The Hall–Kier alpha value is -1.10. The molecule has 6 heteroatoms. The summed E-state index contributed by atoms with van der Waals surface area (Å²) in [6.07, 6.45) is 0. The summed E-state index contributed by atoms with van der Waals surface area (Å²) in [7, 11) is 0. The summed E-state index contributed by atoms with van der Waals surface area (Å²) >= 11 is 5.85. The highest BCUT2D eigenvalue weighted by atomic mass is 35.5. The number of rotatable bonds is 5. The molecule has 0 aliphatic rings. The summed E-state index contributed by atoms with van der Waals surface area (Å²) in [6.45, 7) is 12.4. The lowest BCUT2D eigenvalue weighted by Gasteiger charge is -2.27. The largest absolute Gasteiger partial charge is 0.354 e. The van der Waals surface area contributed by atoms with Crippen LogP contribution in [0.25, 0.3) is 0 Å². The number of hydrogen-bond donors (Lipinski definition) is 2. The molecule has 1 aromatic rings. The number of nitrogens with zero attached hydrogens (tertiary/aromatic N) is 3. The van der Waals surface area contributed by atoms with Crippen molar-refractivity contribution in [3.8, 4) is 0 Å². The predicted molar refractivity (Wildman–Crippen MR) is 76.1 cm³/mol. The van der Waals surface area contributed by atoms with Gasteiger partial charge in [0.2, 0.25) is 17.2 Å². The highest BCUT2D eigenvalue weighted by Crippen LogP contribution is 2.25. The van der Waals surface area contributed by atoms with Crippen LogP contribution in [-0.2, 0) is 0 Å². The number of aromatic nitrogens is 3. The summed E-state index contributed by atoms with van der Waals surface area (Å²) in [5.41, 5.74) is 0.244. The van der Waals surface area contributed by atoms with Gasteiger partial charge in [-0.05, 0) is 29.9 Å². The van der Waals surface area contributed by atoms with Gasteiger partial charge in [0, 0.05) is 13.1 Å². The molecule has 18 heavy (non-hydrogen) atoms. The molecule has 0 spiro atoms. The molecule has 0 aliphatic carbocycles. The summed E-state index contributed by atoms with van der Waals surface area (Å²) < 4.78 is 0. The zero-order chi connectivity index (χ0) is 13.8. The van der Waals surface area contributed by atoms with Gasteiger partial charge in [-0.2, -0.15) is 15.0 Å². The van der Waals surface area contributed by atoms with Gasteiger partial charge in [0.15, 0.2) is 0 Å². The minimum atomic E-state index is 0.201. The summed E-state index contributed by atoms with van der Waals surface area (Å²) in [5.74, 6) is 1.51. The molecule has 1 rings (SSSR count). The van der Waals surface area contributed by atoms with Crippen LogP contribution in [0.4, 0.5) is 11.9 Å². The highest BCUT2D eigenvalue weighted by Gasteiger charge is 2.19. The fraction of sp³-hybridized carbons (Fsp3) is 0.750. The van der Waals surface area contributed by atoms with Crippen molar-refractivity contribution in [2.45, 2.75) is 34.6 Å². The lowest BCUT2D eigenvalue weighted by Crippen LogP contribution is -2.25. The van der Waals surface area contributed by atoms with Crippen molar-refractivity contribution in [1.82, 2.24) is 15.0 Å². The first-order chi connectivity index (χ1) is 8.32. The van der Waals surface area contributed by atoms with Gasteiger partial charge in [0.05, 0.1) is 0 Å². The maximum atomic E-state index is 5.85. The summed E-state index contributed by atoms with van der Waals surface area (Å²) in [5, 5.41) is 6.42. The Morgan fingerprint density at radius 1 is 1.11 bits per heavy atom. The van der Waals surface area contributed by atoms with Crippen molar-refractivity contribution in [3.63, 3.8) is 0 Å². The third kappa shape index (κ3) is 4.64. The third-order valence-electron chi connectivity index (χ3n) is 2.99. The Kier molecular flexibility index (Phi) is 5.14. The van der Waals surface area contributed by atoms with E-state index in [-0.39, 0.29) is 10.7 Å². The molecule has 0 fully saturated rings. The first kappa shape index (κ1) is 15.0. The molecule has 0 aliphatic heterocycles. The van der Waals surface area contributed by atoms with E-state index in [0.29, 0.717) is 17.8 Å². The average molecular weight is 272 g/mol. The van der Waals surface area contributed by atoms with Crippen molar-refractivity contribution in [1.29, 1.82) is 0 Å². The van der Waals surface area contributed by atoms with Crippen LogP contribution >= 0.6 is 11.6 Å². The van der Waals surface area contributed by atoms with E-state index in [0.717, 1.165) is 13.1 Å². The molecule has 0 saturated carbocycles. The molecule has 5 nitrogen and oxygen atoms in total.